The van der Waals surface area contributed by atoms with Gasteiger partial charge in [-0.05, 0) is 54.7 Å². The number of aryl methyl sites for hydroxylation is 1. The molecule has 5 nitrogen and oxygen atoms in total. The van der Waals surface area contributed by atoms with Gasteiger partial charge in [-0.2, -0.15) is 4.31 Å². The standard InChI is InChI=1S/C21H26N2O3S/c1-3-23(4-2)27(25,26)18-14-12-17(13-15-18)21(24)22-20-11-7-9-16-8-5-6-10-19(16)20/h5-6,8,10,12-15,20H,3-4,7,9,11H2,1-2H3,(H,22,24). The minimum absolute atomic E-state index is 0.00142. The van der Waals surface area contributed by atoms with Crippen LogP contribution in [-0.4, -0.2) is 31.7 Å². The van der Waals surface area contributed by atoms with Gasteiger partial charge >= 0.3 is 0 Å². The fraction of sp³-hybridized carbons (Fsp3) is 0.381. The largest absolute Gasteiger partial charge is 0.345 e. The number of amides is 1. The van der Waals surface area contributed by atoms with Crippen LogP contribution in [0.1, 0.15) is 54.2 Å². The van der Waals surface area contributed by atoms with Crippen LogP contribution in [0.25, 0.3) is 0 Å². The van der Waals surface area contributed by atoms with E-state index in [0.29, 0.717) is 18.7 Å². The molecule has 1 aliphatic rings. The van der Waals surface area contributed by atoms with Crippen LogP contribution in [0.15, 0.2) is 53.4 Å². The van der Waals surface area contributed by atoms with Crippen molar-refractivity contribution >= 4 is 15.9 Å². The Balaban J connectivity index is 1.76. The van der Waals surface area contributed by atoms with E-state index in [1.807, 2.05) is 26.0 Å². The number of rotatable bonds is 6. The fourth-order valence-corrected chi connectivity index (χ4v) is 5.09. The first-order chi connectivity index (χ1) is 13.0. The Labute approximate surface area is 161 Å². The molecule has 1 amide bonds. The van der Waals surface area contributed by atoms with E-state index in [1.54, 1.807) is 12.1 Å². The topological polar surface area (TPSA) is 66.5 Å². The van der Waals surface area contributed by atoms with Crippen LogP contribution < -0.4 is 5.32 Å². The Kier molecular flexibility index (Phi) is 5.97. The van der Waals surface area contributed by atoms with Gasteiger partial charge in [0.1, 0.15) is 0 Å². The zero-order chi connectivity index (χ0) is 19.4. The van der Waals surface area contributed by atoms with Crippen molar-refractivity contribution in [1.29, 1.82) is 0 Å². The van der Waals surface area contributed by atoms with Crippen molar-refractivity contribution in [3.05, 3.63) is 65.2 Å². The molecule has 0 heterocycles. The van der Waals surface area contributed by atoms with Gasteiger partial charge in [-0.3, -0.25) is 4.79 Å². The van der Waals surface area contributed by atoms with Gasteiger partial charge in [0.05, 0.1) is 10.9 Å². The minimum atomic E-state index is -3.51. The lowest BCUT2D eigenvalue weighted by Gasteiger charge is -2.26. The van der Waals surface area contributed by atoms with Crippen molar-refractivity contribution in [2.24, 2.45) is 0 Å². The highest BCUT2D eigenvalue weighted by molar-refractivity contribution is 7.89. The SMILES string of the molecule is CCN(CC)S(=O)(=O)c1ccc(C(=O)NC2CCCc3ccccc32)cc1. The first-order valence-electron chi connectivity index (χ1n) is 9.46. The van der Waals surface area contributed by atoms with Gasteiger partial charge in [0.15, 0.2) is 0 Å². The summed E-state index contributed by atoms with van der Waals surface area (Å²) in [6, 6.07) is 14.4. The smallest absolute Gasteiger partial charge is 0.251 e. The number of carbonyl (C=O) groups excluding carboxylic acids is 1. The summed E-state index contributed by atoms with van der Waals surface area (Å²) in [4.78, 5) is 12.9. The summed E-state index contributed by atoms with van der Waals surface area (Å²) in [5.74, 6) is -0.177. The molecule has 1 unspecified atom stereocenters. The molecular weight excluding hydrogens is 360 g/mol. The predicted octanol–water partition coefficient (Wildman–Crippen LogP) is 3.52. The summed E-state index contributed by atoms with van der Waals surface area (Å²) < 4.78 is 26.5. The van der Waals surface area contributed by atoms with Gasteiger partial charge in [-0.15, -0.1) is 0 Å². The zero-order valence-electron chi connectivity index (χ0n) is 15.8. The molecule has 1 atom stereocenters. The maximum absolute atomic E-state index is 12.7. The van der Waals surface area contributed by atoms with Gasteiger partial charge in [0.25, 0.3) is 5.91 Å². The van der Waals surface area contributed by atoms with E-state index < -0.39 is 10.0 Å². The van der Waals surface area contributed by atoms with Gasteiger partial charge in [-0.1, -0.05) is 38.1 Å². The average molecular weight is 387 g/mol. The minimum Gasteiger partial charge on any atom is -0.345 e. The number of nitrogens with zero attached hydrogens (tertiary/aromatic N) is 1. The summed E-state index contributed by atoms with van der Waals surface area (Å²) in [6.07, 6.45) is 3.00. The maximum atomic E-state index is 12.7. The second-order valence-corrected chi connectivity index (χ2v) is 8.67. The van der Waals surface area contributed by atoms with E-state index in [1.165, 1.54) is 27.6 Å². The second kappa shape index (κ2) is 8.23. The van der Waals surface area contributed by atoms with E-state index in [2.05, 4.69) is 17.4 Å². The van der Waals surface area contributed by atoms with E-state index in [-0.39, 0.29) is 16.8 Å². The second-order valence-electron chi connectivity index (χ2n) is 6.73. The Morgan fingerprint density at radius 3 is 2.41 bits per heavy atom. The number of hydrogen-bond donors (Lipinski definition) is 1. The molecule has 1 aliphatic carbocycles. The van der Waals surface area contributed by atoms with Crippen LogP contribution in [0.3, 0.4) is 0 Å². The molecule has 2 aromatic rings. The van der Waals surface area contributed by atoms with Crippen LogP contribution >= 0.6 is 0 Å². The lowest BCUT2D eigenvalue weighted by atomic mass is 9.87. The van der Waals surface area contributed by atoms with E-state index >= 15 is 0 Å². The fourth-order valence-electron chi connectivity index (χ4n) is 3.64. The van der Waals surface area contributed by atoms with Crippen molar-refractivity contribution in [1.82, 2.24) is 9.62 Å². The highest BCUT2D eigenvalue weighted by Gasteiger charge is 2.24. The molecule has 0 saturated heterocycles. The molecule has 6 heteroatoms. The number of benzene rings is 2. The third-order valence-electron chi connectivity index (χ3n) is 5.13. The van der Waals surface area contributed by atoms with Gasteiger partial charge in [-0.25, -0.2) is 8.42 Å². The van der Waals surface area contributed by atoms with E-state index in [4.69, 9.17) is 0 Å². The van der Waals surface area contributed by atoms with Crippen LogP contribution in [0.4, 0.5) is 0 Å². The molecule has 0 aromatic heterocycles. The Morgan fingerprint density at radius 1 is 1.07 bits per heavy atom. The predicted molar refractivity (Wildman–Crippen MR) is 106 cm³/mol. The van der Waals surface area contributed by atoms with Crippen LogP contribution in [-0.2, 0) is 16.4 Å². The number of carbonyl (C=O) groups is 1. The van der Waals surface area contributed by atoms with E-state index in [9.17, 15) is 13.2 Å². The van der Waals surface area contributed by atoms with Crippen molar-refractivity contribution < 1.29 is 13.2 Å². The molecule has 0 bridgehead atoms. The molecule has 27 heavy (non-hydrogen) atoms. The summed E-state index contributed by atoms with van der Waals surface area (Å²) in [5, 5.41) is 3.10. The summed E-state index contributed by atoms with van der Waals surface area (Å²) in [7, 11) is -3.51. The molecule has 144 valence electrons. The molecule has 0 saturated carbocycles. The van der Waals surface area contributed by atoms with Gasteiger partial charge < -0.3 is 5.32 Å². The Hall–Kier alpha value is -2.18. The van der Waals surface area contributed by atoms with Crippen molar-refractivity contribution in [2.75, 3.05) is 13.1 Å². The van der Waals surface area contributed by atoms with Crippen molar-refractivity contribution in [2.45, 2.75) is 44.0 Å². The lowest BCUT2D eigenvalue weighted by molar-refractivity contribution is 0.0932. The number of hydrogen-bond acceptors (Lipinski definition) is 3. The lowest BCUT2D eigenvalue weighted by Crippen LogP contribution is -2.31. The first-order valence-corrected chi connectivity index (χ1v) is 10.9. The highest BCUT2D eigenvalue weighted by Crippen LogP contribution is 2.29. The summed E-state index contributed by atoms with van der Waals surface area (Å²) in [6.45, 7) is 4.46. The van der Waals surface area contributed by atoms with E-state index in [0.717, 1.165) is 19.3 Å². The molecule has 0 fully saturated rings. The number of nitrogens with one attached hydrogen (secondary N) is 1. The van der Waals surface area contributed by atoms with Gasteiger partial charge in [0, 0.05) is 18.7 Å². The Morgan fingerprint density at radius 2 is 1.74 bits per heavy atom. The number of sulfonamides is 1. The van der Waals surface area contributed by atoms with Crippen LogP contribution in [0, 0.1) is 0 Å². The monoisotopic (exact) mass is 386 g/mol. The van der Waals surface area contributed by atoms with Crippen molar-refractivity contribution in [3.63, 3.8) is 0 Å². The molecular formula is C21H26N2O3S. The highest BCUT2D eigenvalue weighted by atomic mass is 32.2. The molecule has 3 rings (SSSR count). The molecule has 2 aromatic carbocycles. The quantitative estimate of drug-likeness (QED) is 0.826. The maximum Gasteiger partial charge on any atom is 0.251 e. The van der Waals surface area contributed by atoms with Crippen molar-refractivity contribution in [3.8, 4) is 0 Å². The third-order valence-corrected chi connectivity index (χ3v) is 7.20. The average Bonchev–Trinajstić information content (AvgIpc) is 2.69. The molecule has 0 radical (unpaired) electrons. The van der Waals surface area contributed by atoms with Crippen LogP contribution in [0.2, 0.25) is 0 Å². The van der Waals surface area contributed by atoms with Gasteiger partial charge in [0.2, 0.25) is 10.0 Å². The Bertz CT molecular complexity index is 903. The normalized spacial score (nSPS) is 16.8. The third kappa shape index (κ3) is 4.06. The summed E-state index contributed by atoms with van der Waals surface area (Å²) in [5.41, 5.74) is 2.93. The first kappa shape index (κ1) is 19.6. The number of fused-ring (bicyclic) bond motifs is 1. The molecule has 0 spiro atoms. The van der Waals surface area contributed by atoms with Crippen LogP contribution in [0.5, 0.6) is 0 Å². The molecule has 0 aliphatic heterocycles. The summed E-state index contributed by atoms with van der Waals surface area (Å²) >= 11 is 0. The zero-order valence-corrected chi connectivity index (χ0v) is 16.6. The molecule has 1 N–H and O–H groups in total.